The predicted molar refractivity (Wildman–Crippen MR) is 157 cm³/mol. The molecule has 1 unspecified atom stereocenters. The Hall–Kier alpha value is -3.84. The molecule has 3 aromatic carbocycles. The van der Waals surface area contributed by atoms with E-state index in [4.69, 9.17) is 0 Å². The maximum atomic E-state index is 14.0. The summed E-state index contributed by atoms with van der Waals surface area (Å²) in [5.74, 6) is -2.54. The maximum absolute atomic E-state index is 14.0. The Balaban J connectivity index is 1.53. The molecule has 0 aliphatic heterocycles. The number of hydrogen-bond donors (Lipinski definition) is 2. The SMILES string of the molecule is CC(C)Sc1ccc2c(c1)c1c(n2C(=O)c2ccc(CC(C)c3ccccc3)cc2)CCC(C(=O)O)(C(=O)O)C1. The van der Waals surface area contributed by atoms with Crippen LogP contribution in [0.25, 0.3) is 10.9 Å². The monoisotopic (exact) mass is 555 g/mol. The zero-order valence-electron chi connectivity index (χ0n) is 22.9. The fourth-order valence-corrected chi connectivity index (χ4v) is 6.65. The van der Waals surface area contributed by atoms with Crippen LogP contribution in [0.2, 0.25) is 0 Å². The lowest BCUT2D eigenvalue weighted by Crippen LogP contribution is -2.44. The van der Waals surface area contributed by atoms with Gasteiger partial charge in [0, 0.05) is 33.2 Å². The highest BCUT2D eigenvalue weighted by atomic mass is 32.2. The van der Waals surface area contributed by atoms with Crippen LogP contribution >= 0.6 is 11.8 Å². The second-order valence-electron chi connectivity index (χ2n) is 11.0. The van der Waals surface area contributed by atoms with Crippen molar-refractivity contribution in [2.75, 3.05) is 0 Å². The van der Waals surface area contributed by atoms with E-state index >= 15 is 0 Å². The lowest BCUT2D eigenvalue weighted by molar-refractivity contribution is -0.165. The summed E-state index contributed by atoms with van der Waals surface area (Å²) >= 11 is 1.67. The normalized spacial score (nSPS) is 15.1. The summed E-state index contributed by atoms with van der Waals surface area (Å²) < 4.78 is 1.67. The minimum atomic E-state index is -1.91. The highest BCUT2D eigenvalue weighted by molar-refractivity contribution is 7.99. The summed E-state index contributed by atoms with van der Waals surface area (Å²) in [6.45, 7) is 6.36. The predicted octanol–water partition coefficient (Wildman–Crippen LogP) is 6.82. The molecule has 0 fully saturated rings. The molecular weight excluding hydrogens is 522 g/mol. The quantitative estimate of drug-likeness (QED) is 0.183. The van der Waals surface area contributed by atoms with E-state index in [-0.39, 0.29) is 25.2 Å². The Morgan fingerprint density at radius 1 is 0.925 bits per heavy atom. The Labute approximate surface area is 238 Å². The van der Waals surface area contributed by atoms with Gasteiger partial charge >= 0.3 is 11.9 Å². The van der Waals surface area contributed by atoms with E-state index in [2.05, 4.69) is 32.9 Å². The van der Waals surface area contributed by atoms with Gasteiger partial charge in [-0.2, -0.15) is 0 Å². The van der Waals surface area contributed by atoms with Gasteiger partial charge in [-0.25, -0.2) is 0 Å². The van der Waals surface area contributed by atoms with E-state index in [0.717, 1.165) is 22.3 Å². The van der Waals surface area contributed by atoms with Gasteiger partial charge in [0.1, 0.15) is 0 Å². The zero-order chi connectivity index (χ0) is 28.6. The summed E-state index contributed by atoms with van der Waals surface area (Å²) in [6, 6.07) is 23.8. The van der Waals surface area contributed by atoms with Gasteiger partial charge in [0.2, 0.25) is 0 Å². The van der Waals surface area contributed by atoms with Crippen LogP contribution in [0.4, 0.5) is 0 Å². The number of carboxylic acids is 2. The van der Waals surface area contributed by atoms with Crippen molar-refractivity contribution in [1.29, 1.82) is 0 Å². The van der Waals surface area contributed by atoms with Crippen molar-refractivity contribution in [3.05, 3.63) is 101 Å². The Morgan fingerprint density at radius 3 is 2.23 bits per heavy atom. The Bertz CT molecular complexity index is 1570. The third kappa shape index (κ3) is 5.06. The minimum Gasteiger partial charge on any atom is -0.480 e. The first-order chi connectivity index (χ1) is 19.1. The molecule has 4 aromatic rings. The van der Waals surface area contributed by atoms with Gasteiger partial charge in [0.25, 0.3) is 5.91 Å². The first kappa shape index (κ1) is 27.7. The highest BCUT2D eigenvalue weighted by Gasteiger charge is 2.50. The summed E-state index contributed by atoms with van der Waals surface area (Å²) in [6.07, 6.45) is 0.810. The zero-order valence-corrected chi connectivity index (χ0v) is 23.7. The van der Waals surface area contributed by atoms with Crippen molar-refractivity contribution in [2.45, 2.75) is 62.5 Å². The van der Waals surface area contributed by atoms with Crippen molar-refractivity contribution < 1.29 is 24.6 Å². The maximum Gasteiger partial charge on any atom is 0.321 e. The van der Waals surface area contributed by atoms with Crippen LogP contribution in [0, 0.1) is 5.41 Å². The van der Waals surface area contributed by atoms with Gasteiger partial charge < -0.3 is 10.2 Å². The number of hydrogen-bond acceptors (Lipinski definition) is 4. The topological polar surface area (TPSA) is 96.6 Å². The van der Waals surface area contributed by atoms with Gasteiger partial charge in [-0.1, -0.05) is 63.2 Å². The molecule has 5 rings (SSSR count). The average molecular weight is 556 g/mol. The molecule has 1 aromatic heterocycles. The molecule has 0 bridgehead atoms. The Morgan fingerprint density at radius 2 is 1.60 bits per heavy atom. The molecule has 1 aliphatic rings. The van der Waals surface area contributed by atoms with Crippen molar-refractivity contribution >= 4 is 40.5 Å². The first-order valence-electron chi connectivity index (χ1n) is 13.6. The lowest BCUT2D eigenvalue weighted by Gasteiger charge is -2.29. The van der Waals surface area contributed by atoms with Crippen LogP contribution in [-0.4, -0.2) is 37.9 Å². The number of fused-ring (bicyclic) bond motifs is 3. The minimum absolute atomic E-state index is 0.0712. The van der Waals surface area contributed by atoms with E-state index in [0.29, 0.717) is 33.5 Å². The second-order valence-corrected chi connectivity index (χ2v) is 12.6. The third-order valence-electron chi connectivity index (χ3n) is 7.92. The van der Waals surface area contributed by atoms with E-state index in [1.807, 2.05) is 60.7 Å². The average Bonchev–Trinajstić information content (AvgIpc) is 3.25. The molecule has 40 heavy (non-hydrogen) atoms. The van der Waals surface area contributed by atoms with Crippen LogP contribution in [-0.2, 0) is 28.9 Å². The van der Waals surface area contributed by atoms with Gasteiger partial charge in [0.15, 0.2) is 5.41 Å². The molecule has 1 aliphatic carbocycles. The number of carboxylic acid groups (broad SMARTS) is 2. The number of nitrogens with zero attached hydrogens (tertiary/aromatic N) is 1. The number of carbonyl (C=O) groups excluding carboxylic acids is 1. The molecule has 0 amide bonds. The summed E-state index contributed by atoms with van der Waals surface area (Å²) in [5.41, 5.74) is 3.04. The van der Waals surface area contributed by atoms with Crippen molar-refractivity contribution in [1.82, 2.24) is 4.57 Å². The van der Waals surface area contributed by atoms with Crippen LogP contribution < -0.4 is 0 Å². The molecule has 7 heteroatoms. The molecule has 206 valence electrons. The fraction of sp³-hybridized carbons (Fsp3) is 0.303. The van der Waals surface area contributed by atoms with E-state index < -0.39 is 17.4 Å². The third-order valence-corrected chi connectivity index (χ3v) is 8.92. The summed E-state index contributed by atoms with van der Waals surface area (Å²) in [5, 5.41) is 20.9. The second kappa shape index (κ2) is 11.0. The van der Waals surface area contributed by atoms with Gasteiger partial charge in [-0.15, -0.1) is 11.8 Å². The lowest BCUT2D eigenvalue weighted by atomic mass is 9.72. The molecule has 0 saturated carbocycles. The van der Waals surface area contributed by atoms with Gasteiger partial charge in [-0.05, 0) is 72.2 Å². The van der Waals surface area contributed by atoms with E-state index in [9.17, 15) is 24.6 Å². The number of thioether (sulfide) groups is 1. The first-order valence-corrected chi connectivity index (χ1v) is 14.5. The smallest absolute Gasteiger partial charge is 0.321 e. The van der Waals surface area contributed by atoms with Crippen LogP contribution in [0.1, 0.15) is 65.9 Å². The standard InChI is InChI=1S/C33H33NO5S/c1-20(2)40-25-13-14-28-26(18-25)27-19-33(31(36)37,32(38)39)16-15-29(27)34(28)30(35)24-11-9-22(10-12-24)17-21(3)23-7-5-4-6-8-23/h4-14,18,20-21H,15-17,19H2,1-3H3,(H,36,37)(H,38,39). The van der Waals surface area contributed by atoms with Crippen molar-refractivity contribution in [3.8, 4) is 0 Å². The number of aliphatic carboxylic acids is 2. The molecular formula is C33H33NO5S. The van der Waals surface area contributed by atoms with E-state index in [1.165, 1.54) is 5.56 Å². The van der Waals surface area contributed by atoms with E-state index in [1.54, 1.807) is 16.3 Å². The highest BCUT2D eigenvalue weighted by Crippen LogP contribution is 2.42. The fourth-order valence-electron chi connectivity index (χ4n) is 5.77. The van der Waals surface area contributed by atoms with Crippen LogP contribution in [0.5, 0.6) is 0 Å². The molecule has 1 atom stereocenters. The van der Waals surface area contributed by atoms with Crippen molar-refractivity contribution in [2.24, 2.45) is 5.41 Å². The molecule has 0 spiro atoms. The largest absolute Gasteiger partial charge is 0.480 e. The van der Waals surface area contributed by atoms with Crippen LogP contribution in [0.3, 0.4) is 0 Å². The van der Waals surface area contributed by atoms with Gasteiger partial charge in [-0.3, -0.25) is 19.0 Å². The molecule has 0 radical (unpaired) electrons. The number of benzene rings is 3. The molecule has 2 N–H and O–H groups in total. The Kier molecular flexibility index (Phi) is 7.60. The molecule has 0 saturated heterocycles. The molecule has 6 nitrogen and oxygen atoms in total. The van der Waals surface area contributed by atoms with Crippen molar-refractivity contribution in [3.63, 3.8) is 0 Å². The number of rotatable bonds is 8. The van der Waals surface area contributed by atoms with Crippen LogP contribution in [0.15, 0.2) is 77.7 Å². The number of aromatic nitrogens is 1. The number of carbonyl (C=O) groups is 3. The molecule has 1 heterocycles. The summed E-state index contributed by atoms with van der Waals surface area (Å²) in [7, 11) is 0. The van der Waals surface area contributed by atoms with Gasteiger partial charge in [0.05, 0.1) is 5.52 Å². The summed E-state index contributed by atoms with van der Waals surface area (Å²) in [4.78, 5) is 39.3.